The van der Waals surface area contributed by atoms with Crippen molar-refractivity contribution >= 4 is 33.2 Å². The lowest BCUT2D eigenvalue weighted by atomic mass is 10.2. The van der Waals surface area contributed by atoms with Gasteiger partial charge in [0, 0.05) is 30.0 Å². The van der Waals surface area contributed by atoms with E-state index in [9.17, 15) is 12.8 Å². The molecule has 0 atom stereocenters. The highest BCUT2D eigenvalue weighted by Gasteiger charge is 2.27. The van der Waals surface area contributed by atoms with E-state index in [4.69, 9.17) is 23.2 Å². The topological polar surface area (TPSA) is 42.3 Å². The number of sulfonamides is 1. The molecule has 0 N–H and O–H groups in total. The molecule has 29 heavy (non-hydrogen) atoms. The van der Waals surface area contributed by atoms with E-state index in [2.05, 4.69) is 0 Å². The van der Waals surface area contributed by atoms with E-state index >= 15 is 0 Å². The molecular weight excluding hydrogens is 434 g/mol. The molecule has 0 amide bonds. The van der Waals surface area contributed by atoms with Crippen LogP contribution in [0.5, 0.6) is 0 Å². The van der Waals surface area contributed by atoms with Crippen LogP contribution in [-0.2, 0) is 23.1 Å². The van der Waals surface area contributed by atoms with Crippen LogP contribution in [0, 0.1) is 5.82 Å². The van der Waals surface area contributed by atoms with Gasteiger partial charge >= 0.3 is 0 Å². The van der Waals surface area contributed by atoms with Crippen LogP contribution in [0.2, 0.25) is 10.0 Å². The van der Waals surface area contributed by atoms with E-state index < -0.39 is 10.0 Å². The minimum Gasteiger partial charge on any atom is -0.346 e. The molecule has 154 valence electrons. The van der Waals surface area contributed by atoms with Crippen molar-refractivity contribution in [2.45, 2.75) is 31.3 Å². The molecule has 2 aromatic carbocycles. The number of nitrogens with zero attached hydrogens (tertiary/aromatic N) is 2. The third-order valence-corrected chi connectivity index (χ3v) is 7.05. The number of hydrogen-bond acceptors (Lipinski definition) is 2. The van der Waals surface area contributed by atoms with Crippen LogP contribution >= 0.6 is 23.2 Å². The van der Waals surface area contributed by atoms with Gasteiger partial charge in [-0.1, -0.05) is 42.3 Å². The van der Waals surface area contributed by atoms with Gasteiger partial charge in [-0.3, -0.25) is 0 Å². The molecule has 0 aliphatic rings. The molecule has 0 saturated heterocycles. The quantitative estimate of drug-likeness (QED) is 0.445. The Morgan fingerprint density at radius 2 is 1.86 bits per heavy atom. The molecule has 1 aromatic heterocycles. The summed E-state index contributed by atoms with van der Waals surface area (Å²) in [5, 5.41) is 0.435. The predicted molar refractivity (Wildman–Crippen MR) is 114 cm³/mol. The fourth-order valence-electron chi connectivity index (χ4n) is 3.11. The maximum absolute atomic E-state index is 13.5. The summed E-state index contributed by atoms with van der Waals surface area (Å²) in [6.45, 7) is 2.85. The van der Waals surface area contributed by atoms with Crippen LogP contribution in [0.25, 0.3) is 0 Å². The summed E-state index contributed by atoms with van der Waals surface area (Å²) in [7, 11) is -3.85. The molecule has 0 spiro atoms. The molecule has 3 aromatic rings. The van der Waals surface area contributed by atoms with E-state index in [0.29, 0.717) is 24.5 Å². The zero-order chi connectivity index (χ0) is 21.0. The molecule has 0 aliphatic carbocycles. The van der Waals surface area contributed by atoms with Crippen LogP contribution in [0.4, 0.5) is 4.39 Å². The summed E-state index contributed by atoms with van der Waals surface area (Å²) in [5.74, 6) is -0.304. The van der Waals surface area contributed by atoms with Gasteiger partial charge in [0.15, 0.2) is 0 Å². The third kappa shape index (κ3) is 5.20. The summed E-state index contributed by atoms with van der Waals surface area (Å²) in [6.07, 6.45) is 2.49. The Morgan fingerprint density at radius 3 is 2.59 bits per heavy atom. The lowest BCUT2D eigenvalue weighted by Crippen LogP contribution is -2.32. The lowest BCUT2D eigenvalue weighted by molar-refractivity contribution is 0.396. The Bertz CT molecular complexity index is 1100. The minimum absolute atomic E-state index is 0.0108. The van der Waals surface area contributed by atoms with E-state index in [1.807, 2.05) is 35.9 Å². The summed E-state index contributed by atoms with van der Waals surface area (Å²) in [5.41, 5.74) is 1.59. The molecule has 3 rings (SSSR count). The van der Waals surface area contributed by atoms with Crippen molar-refractivity contribution in [1.29, 1.82) is 0 Å². The average Bonchev–Trinajstić information content (AvgIpc) is 3.10. The molecule has 0 aliphatic heterocycles. The van der Waals surface area contributed by atoms with Gasteiger partial charge in [-0.15, -0.1) is 0 Å². The number of halogens is 3. The summed E-state index contributed by atoms with van der Waals surface area (Å²) in [4.78, 5) is -0.0108. The van der Waals surface area contributed by atoms with Crippen molar-refractivity contribution in [3.63, 3.8) is 0 Å². The van der Waals surface area contributed by atoms with Gasteiger partial charge in [0.2, 0.25) is 10.0 Å². The highest BCUT2D eigenvalue weighted by molar-refractivity contribution is 7.89. The summed E-state index contributed by atoms with van der Waals surface area (Å²) >= 11 is 12.2. The van der Waals surface area contributed by atoms with Gasteiger partial charge in [0.25, 0.3) is 0 Å². The lowest BCUT2D eigenvalue weighted by Gasteiger charge is -2.23. The molecule has 4 nitrogen and oxygen atoms in total. The molecule has 8 heteroatoms. The molecule has 0 unspecified atom stereocenters. The highest BCUT2D eigenvalue weighted by Crippen LogP contribution is 2.29. The first-order chi connectivity index (χ1) is 13.8. The van der Waals surface area contributed by atoms with E-state index in [1.165, 1.54) is 28.6 Å². The van der Waals surface area contributed by atoms with E-state index in [0.717, 1.165) is 11.3 Å². The minimum atomic E-state index is -3.85. The van der Waals surface area contributed by atoms with Crippen LogP contribution in [-0.4, -0.2) is 23.8 Å². The second-order valence-electron chi connectivity index (χ2n) is 6.67. The zero-order valence-electron chi connectivity index (χ0n) is 15.9. The first-order valence-electron chi connectivity index (χ1n) is 9.15. The van der Waals surface area contributed by atoms with Gasteiger partial charge in [-0.05, 0) is 54.4 Å². The standard InChI is InChI=1S/C21H21Cl2FN2O2S/c1-2-10-26(29(27,28)21-13-17(22)8-9-20(21)23)15-19-7-4-11-25(19)14-16-5-3-6-18(24)12-16/h3-9,11-13H,2,10,14-15H2,1H3. The highest BCUT2D eigenvalue weighted by atomic mass is 35.5. The zero-order valence-corrected chi connectivity index (χ0v) is 18.2. The van der Waals surface area contributed by atoms with Crippen molar-refractivity contribution in [3.8, 4) is 0 Å². The fourth-order valence-corrected chi connectivity index (χ4v) is 5.35. The Kier molecular flexibility index (Phi) is 7.01. The smallest absolute Gasteiger partial charge is 0.244 e. The number of hydrogen-bond donors (Lipinski definition) is 0. The maximum atomic E-state index is 13.5. The summed E-state index contributed by atoms with van der Waals surface area (Å²) in [6, 6.07) is 14.5. The van der Waals surface area contributed by atoms with Crippen molar-refractivity contribution in [2.24, 2.45) is 0 Å². The van der Waals surface area contributed by atoms with Gasteiger partial charge in [0.05, 0.1) is 11.6 Å². The van der Waals surface area contributed by atoms with E-state index in [1.54, 1.807) is 12.1 Å². The number of benzene rings is 2. The maximum Gasteiger partial charge on any atom is 0.244 e. The monoisotopic (exact) mass is 454 g/mol. The largest absolute Gasteiger partial charge is 0.346 e. The predicted octanol–water partition coefficient (Wildman–Crippen LogP) is 5.58. The molecule has 0 radical (unpaired) electrons. The second kappa shape index (κ2) is 9.30. The third-order valence-electron chi connectivity index (χ3n) is 4.49. The van der Waals surface area contributed by atoms with Gasteiger partial charge in [-0.25, -0.2) is 12.8 Å². The molecular formula is C21H21Cl2FN2O2S. The van der Waals surface area contributed by atoms with Gasteiger partial charge < -0.3 is 4.57 Å². The SMILES string of the molecule is CCCN(Cc1cccn1Cc1cccc(F)c1)S(=O)(=O)c1cc(Cl)ccc1Cl. The van der Waals surface area contributed by atoms with Crippen LogP contribution in [0.15, 0.2) is 65.7 Å². The van der Waals surface area contributed by atoms with Crippen LogP contribution in [0.3, 0.4) is 0 Å². The van der Waals surface area contributed by atoms with Crippen molar-refractivity contribution in [1.82, 2.24) is 8.87 Å². The Hall–Kier alpha value is -1.86. The number of rotatable bonds is 8. The Morgan fingerprint density at radius 1 is 1.07 bits per heavy atom. The molecule has 0 fully saturated rings. The normalized spacial score (nSPS) is 11.9. The van der Waals surface area contributed by atoms with Crippen molar-refractivity contribution < 1.29 is 12.8 Å². The first kappa shape index (κ1) is 21.8. The first-order valence-corrected chi connectivity index (χ1v) is 11.3. The average molecular weight is 455 g/mol. The van der Waals surface area contributed by atoms with Gasteiger partial charge in [-0.2, -0.15) is 4.31 Å². The van der Waals surface area contributed by atoms with Crippen molar-refractivity contribution in [2.75, 3.05) is 6.54 Å². The fraction of sp³-hybridized carbons (Fsp3) is 0.238. The van der Waals surface area contributed by atoms with Gasteiger partial charge in [0.1, 0.15) is 10.7 Å². The summed E-state index contributed by atoms with van der Waals surface area (Å²) < 4.78 is 43.3. The van der Waals surface area contributed by atoms with Crippen molar-refractivity contribution in [3.05, 3.63) is 87.9 Å². The Balaban J connectivity index is 1.90. The molecule has 0 saturated carbocycles. The van der Waals surface area contributed by atoms with Crippen LogP contribution in [0.1, 0.15) is 24.6 Å². The Labute approximate surface area is 180 Å². The van der Waals surface area contributed by atoms with Crippen LogP contribution < -0.4 is 0 Å². The molecule has 1 heterocycles. The molecule has 0 bridgehead atoms. The second-order valence-corrected chi connectivity index (χ2v) is 9.42. The van der Waals surface area contributed by atoms with E-state index in [-0.39, 0.29) is 22.3 Å². The number of aromatic nitrogens is 1.